The number of hydrogen-bond acceptors (Lipinski definition) is 1. The van der Waals surface area contributed by atoms with Crippen LogP contribution < -0.4 is 4.74 Å². The van der Waals surface area contributed by atoms with Gasteiger partial charge in [0.25, 0.3) is 0 Å². The molecule has 0 amide bonds. The third-order valence-corrected chi connectivity index (χ3v) is 3.48. The molecule has 0 atom stereocenters. The number of aromatic nitrogens is 1. The zero-order valence-electron chi connectivity index (χ0n) is 11.6. The smallest absolute Gasteiger partial charge is 0.132 e. The summed E-state index contributed by atoms with van der Waals surface area (Å²) in [6.45, 7) is 3.02. The first-order chi connectivity index (χ1) is 10.2. The number of rotatable bonds is 4. The second-order valence-corrected chi connectivity index (χ2v) is 4.82. The van der Waals surface area contributed by atoms with Crippen LogP contribution in [0.25, 0.3) is 10.9 Å². The van der Waals surface area contributed by atoms with E-state index in [1.165, 1.54) is 18.2 Å². The highest BCUT2D eigenvalue weighted by Gasteiger charge is 2.12. The molecule has 0 aliphatic carbocycles. The normalized spacial score (nSPS) is 11.0. The molecule has 0 aliphatic rings. The summed E-state index contributed by atoms with van der Waals surface area (Å²) >= 11 is 0. The predicted octanol–water partition coefficient (Wildman–Crippen LogP) is 4.52. The van der Waals surface area contributed by atoms with Crippen molar-refractivity contribution in [3.05, 3.63) is 65.9 Å². The molecule has 0 saturated carbocycles. The van der Waals surface area contributed by atoms with Gasteiger partial charge in [0.15, 0.2) is 0 Å². The summed E-state index contributed by atoms with van der Waals surface area (Å²) in [6.07, 6.45) is 1.90. The Hall–Kier alpha value is -2.36. The zero-order chi connectivity index (χ0) is 14.8. The van der Waals surface area contributed by atoms with Crippen LogP contribution in [-0.2, 0) is 13.2 Å². The Kier molecular flexibility index (Phi) is 3.60. The molecule has 2 nitrogen and oxygen atoms in total. The standard InChI is InChI=1S/C17H15F2NO/c1-2-20-10-12(17-15(19)4-3-5-16(17)20)11-21-14-8-6-13(18)7-9-14/h3-10H,2,11H2,1H3. The number of fused-ring (bicyclic) bond motifs is 1. The average molecular weight is 287 g/mol. The first-order valence-corrected chi connectivity index (χ1v) is 6.83. The van der Waals surface area contributed by atoms with Crippen molar-refractivity contribution in [2.45, 2.75) is 20.1 Å². The van der Waals surface area contributed by atoms with Crippen LogP contribution in [0.2, 0.25) is 0 Å². The van der Waals surface area contributed by atoms with Crippen LogP contribution in [0.5, 0.6) is 5.75 Å². The molecule has 0 N–H and O–H groups in total. The van der Waals surface area contributed by atoms with Crippen molar-refractivity contribution >= 4 is 10.9 Å². The molecule has 1 aromatic heterocycles. The van der Waals surface area contributed by atoms with Gasteiger partial charge >= 0.3 is 0 Å². The fourth-order valence-corrected chi connectivity index (χ4v) is 2.46. The van der Waals surface area contributed by atoms with Crippen molar-refractivity contribution in [3.63, 3.8) is 0 Å². The van der Waals surface area contributed by atoms with Crippen molar-refractivity contribution in [3.8, 4) is 5.75 Å². The molecular formula is C17H15F2NO. The molecule has 21 heavy (non-hydrogen) atoms. The molecule has 0 bridgehead atoms. The Morgan fingerprint density at radius 1 is 1.05 bits per heavy atom. The topological polar surface area (TPSA) is 14.2 Å². The third-order valence-electron chi connectivity index (χ3n) is 3.48. The number of aryl methyl sites for hydroxylation is 1. The van der Waals surface area contributed by atoms with E-state index in [0.717, 1.165) is 17.6 Å². The lowest BCUT2D eigenvalue weighted by Gasteiger charge is -2.05. The molecule has 108 valence electrons. The van der Waals surface area contributed by atoms with Crippen molar-refractivity contribution < 1.29 is 13.5 Å². The van der Waals surface area contributed by atoms with Crippen molar-refractivity contribution in [2.24, 2.45) is 0 Å². The van der Waals surface area contributed by atoms with Crippen LogP contribution in [0, 0.1) is 11.6 Å². The van der Waals surface area contributed by atoms with Crippen LogP contribution in [-0.4, -0.2) is 4.57 Å². The second kappa shape index (κ2) is 5.56. The predicted molar refractivity (Wildman–Crippen MR) is 78.3 cm³/mol. The number of halogens is 2. The summed E-state index contributed by atoms with van der Waals surface area (Å²) in [5.74, 6) is -0.00137. The third kappa shape index (κ3) is 2.61. The maximum atomic E-state index is 14.1. The van der Waals surface area contributed by atoms with Gasteiger partial charge in [0.2, 0.25) is 0 Å². The quantitative estimate of drug-likeness (QED) is 0.688. The van der Waals surface area contributed by atoms with Gasteiger partial charge in [-0.05, 0) is 43.3 Å². The fourth-order valence-electron chi connectivity index (χ4n) is 2.46. The largest absolute Gasteiger partial charge is 0.489 e. The first kappa shape index (κ1) is 13.6. The summed E-state index contributed by atoms with van der Waals surface area (Å²) in [7, 11) is 0. The molecule has 0 unspecified atom stereocenters. The Morgan fingerprint density at radius 3 is 2.52 bits per heavy atom. The van der Waals surface area contributed by atoms with E-state index in [-0.39, 0.29) is 18.2 Å². The van der Waals surface area contributed by atoms with Gasteiger partial charge in [-0.3, -0.25) is 0 Å². The summed E-state index contributed by atoms with van der Waals surface area (Å²) < 4.78 is 34.5. The highest BCUT2D eigenvalue weighted by atomic mass is 19.1. The maximum absolute atomic E-state index is 14.1. The summed E-state index contributed by atoms with van der Waals surface area (Å²) in [5.41, 5.74) is 1.64. The molecule has 3 rings (SSSR count). The van der Waals surface area contributed by atoms with E-state index < -0.39 is 0 Å². The maximum Gasteiger partial charge on any atom is 0.132 e. The van der Waals surface area contributed by atoms with Gasteiger partial charge in [-0.15, -0.1) is 0 Å². The van der Waals surface area contributed by atoms with Crippen molar-refractivity contribution in [1.82, 2.24) is 4.57 Å². The molecule has 2 aromatic carbocycles. The van der Waals surface area contributed by atoms with Gasteiger partial charge < -0.3 is 9.30 Å². The first-order valence-electron chi connectivity index (χ1n) is 6.83. The lowest BCUT2D eigenvalue weighted by molar-refractivity contribution is 0.306. The average Bonchev–Trinajstić information content (AvgIpc) is 2.86. The molecule has 0 radical (unpaired) electrons. The van der Waals surface area contributed by atoms with Crippen LogP contribution in [0.15, 0.2) is 48.7 Å². The fraction of sp³-hybridized carbons (Fsp3) is 0.176. The summed E-state index contributed by atoms with van der Waals surface area (Å²) in [6, 6.07) is 10.8. The Labute approximate surface area is 121 Å². The van der Waals surface area contributed by atoms with Gasteiger partial charge in [0.05, 0.1) is 5.52 Å². The van der Waals surface area contributed by atoms with Crippen LogP contribution in [0.4, 0.5) is 8.78 Å². The molecule has 4 heteroatoms. The van der Waals surface area contributed by atoms with E-state index in [9.17, 15) is 8.78 Å². The van der Waals surface area contributed by atoms with E-state index in [4.69, 9.17) is 4.74 Å². The number of benzene rings is 2. The van der Waals surface area contributed by atoms with Crippen molar-refractivity contribution in [1.29, 1.82) is 0 Å². The number of ether oxygens (including phenoxy) is 1. The highest BCUT2D eigenvalue weighted by molar-refractivity contribution is 5.84. The van der Waals surface area contributed by atoms with E-state index in [2.05, 4.69) is 0 Å². The second-order valence-electron chi connectivity index (χ2n) is 4.82. The molecular weight excluding hydrogens is 272 g/mol. The summed E-state index contributed by atoms with van der Waals surface area (Å²) in [4.78, 5) is 0. The SMILES string of the molecule is CCn1cc(COc2ccc(F)cc2)c2c(F)cccc21. The Bertz CT molecular complexity index is 762. The molecule has 1 heterocycles. The van der Waals surface area contributed by atoms with Crippen molar-refractivity contribution in [2.75, 3.05) is 0 Å². The van der Waals surface area contributed by atoms with Gasteiger partial charge in [-0.25, -0.2) is 8.78 Å². The zero-order valence-corrected chi connectivity index (χ0v) is 11.6. The van der Waals surface area contributed by atoms with E-state index in [1.807, 2.05) is 23.8 Å². The van der Waals surface area contributed by atoms with Gasteiger partial charge in [0.1, 0.15) is 24.0 Å². The Balaban J connectivity index is 1.91. The van der Waals surface area contributed by atoms with Gasteiger partial charge in [0, 0.05) is 23.7 Å². The monoisotopic (exact) mass is 287 g/mol. The van der Waals surface area contributed by atoms with Gasteiger partial charge in [-0.1, -0.05) is 6.07 Å². The number of nitrogens with zero attached hydrogens (tertiary/aromatic N) is 1. The van der Waals surface area contributed by atoms with E-state index in [1.54, 1.807) is 18.2 Å². The van der Waals surface area contributed by atoms with Gasteiger partial charge in [-0.2, -0.15) is 0 Å². The van der Waals surface area contributed by atoms with Crippen LogP contribution >= 0.6 is 0 Å². The van der Waals surface area contributed by atoms with Crippen LogP contribution in [0.1, 0.15) is 12.5 Å². The lowest BCUT2D eigenvalue weighted by atomic mass is 10.2. The lowest BCUT2D eigenvalue weighted by Crippen LogP contribution is -1.95. The molecule has 3 aromatic rings. The van der Waals surface area contributed by atoms with E-state index >= 15 is 0 Å². The minimum Gasteiger partial charge on any atom is -0.489 e. The number of hydrogen-bond donors (Lipinski definition) is 0. The highest BCUT2D eigenvalue weighted by Crippen LogP contribution is 2.25. The minimum atomic E-state index is -0.309. The summed E-state index contributed by atoms with van der Waals surface area (Å²) in [5, 5.41) is 0.585. The molecule has 0 saturated heterocycles. The molecule has 0 fully saturated rings. The van der Waals surface area contributed by atoms with Crippen LogP contribution in [0.3, 0.4) is 0 Å². The Morgan fingerprint density at radius 2 is 1.81 bits per heavy atom. The minimum absolute atomic E-state index is 0.246. The van der Waals surface area contributed by atoms with E-state index in [0.29, 0.717) is 11.1 Å². The molecule has 0 spiro atoms. The molecule has 0 aliphatic heterocycles.